The average molecular weight is 492 g/mol. The number of unbranched alkanes of at least 4 members (excludes halogenated alkanes) is 3. The molecule has 1 rings (SSSR count). The molecular formula is C29H49NO5. The third-order valence-corrected chi connectivity index (χ3v) is 6.10. The Bertz CT molecular complexity index is 670. The van der Waals surface area contributed by atoms with Crippen molar-refractivity contribution >= 4 is 11.9 Å². The third kappa shape index (κ3) is 13.7. The zero-order chi connectivity index (χ0) is 25.9. The van der Waals surface area contributed by atoms with Gasteiger partial charge in [-0.05, 0) is 38.0 Å². The molecule has 0 aromatic carbocycles. The molecule has 0 aromatic rings. The number of ether oxygens (including phenoxy) is 2. The van der Waals surface area contributed by atoms with Gasteiger partial charge >= 0.3 is 11.9 Å². The van der Waals surface area contributed by atoms with Gasteiger partial charge in [-0.2, -0.15) is 5.48 Å². The summed E-state index contributed by atoms with van der Waals surface area (Å²) in [5, 5.41) is 0. The minimum Gasteiger partial charge on any atom is -0.461 e. The molecule has 1 aliphatic rings. The Morgan fingerprint density at radius 3 is 2.31 bits per heavy atom. The average Bonchev–Trinajstić information content (AvgIpc) is 2.81. The first-order valence-corrected chi connectivity index (χ1v) is 13.6. The molecule has 0 amide bonds. The second-order valence-corrected chi connectivity index (χ2v) is 9.76. The van der Waals surface area contributed by atoms with Crippen LogP contribution in [0.15, 0.2) is 36.5 Å². The molecule has 1 aliphatic heterocycles. The van der Waals surface area contributed by atoms with E-state index in [2.05, 4.69) is 69.6 Å². The Kier molecular flexibility index (Phi) is 17.1. The fourth-order valence-electron chi connectivity index (χ4n) is 4.17. The highest BCUT2D eigenvalue weighted by molar-refractivity contribution is 5.78. The topological polar surface area (TPSA) is 73.9 Å². The van der Waals surface area contributed by atoms with Crippen LogP contribution in [0.2, 0.25) is 0 Å². The zero-order valence-corrected chi connectivity index (χ0v) is 22.7. The lowest BCUT2D eigenvalue weighted by atomic mass is 9.87. The number of nitrogens with one attached hydrogen (secondary N) is 1. The Morgan fingerprint density at radius 2 is 1.71 bits per heavy atom. The summed E-state index contributed by atoms with van der Waals surface area (Å²) in [6, 6.07) is -0.528. The Morgan fingerprint density at radius 1 is 1.03 bits per heavy atom. The van der Waals surface area contributed by atoms with E-state index >= 15 is 0 Å². The van der Waals surface area contributed by atoms with E-state index in [4.69, 9.17) is 14.3 Å². The lowest BCUT2D eigenvalue weighted by Crippen LogP contribution is -2.48. The number of hydrogen-bond acceptors (Lipinski definition) is 6. The first-order chi connectivity index (χ1) is 16.9. The van der Waals surface area contributed by atoms with E-state index in [1.165, 1.54) is 20.0 Å². The Hall–Kier alpha value is -1.92. The lowest BCUT2D eigenvalue weighted by Gasteiger charge is -2.37. The van der Waals surface area contributed by atoms with E-state index in [9.17, 15) is 9.59 Å². The van der Waals surface area contributed by atoms with Crippen LogP contribution in [0.5, 0.6) is 0 Å². The molecule has 0 saturated carbocycles. The smallest absolute Gasteiger partial charge is 0.325 e. The van der Waals surface area contributed by atoms with Crippen LogP contribution in [-0.4, -0.2) is 37.3 Å². The van der Waals surface area contributed by atoms with Crippen LogP contribution in [-0.2, 0) is 23.9 Å². The molecule has 1 fully saturated rings. The second-order valence-electron chi connectivity index (χ2n) is 9.76. The molecule has 6 heteroatoms. The van der Waals surface area contributed by atoms with E-state index in [1.807, 2.05) is 0 Å². The summed E-state index contributed by atoms with van der Waals surface area (Å²) in [5.74, 6) is -0.216. The van der Waals surface area contributed by atoms with Gasteiger partial charge in [-0.25, -0.2) is 0 Å². The summed E-state index contributed by atoms with van der Waals surface area (Å²) in [5.41, 5.74) is 2.77. The third-order valence-electron chi connectivity index (χ3n) is 6.10. The fourth-order valence-corrected chi connectivity index (χ4v) is 4.17. The van der Waals surface area contributed by atoms with E-state index in [0.717, 1.165) is 38.5 Å². The van der Waals surface area contributed by atoms with Gasteiger partial charge in [0.25, 0.3) is 0 Å². The van der Waals surface area contributed by atoms with Crippen molar-refractivity contribution < 1.29 is 23.9 Å². The number of esters is 2. The van der Waals surface area contributed by atoms with Gasteiger partial charge in [0, 0.05) is 12.8 Å². The maximum absolute atomic E-state index is 12.9. The molecule has 0 aromatic heterocycles. The Labute approximate surface area is 213 Å². The maximum Gasteiger partial charge on any atom is 0.325 e. The number of hydroxylamine groups is 1. The highest BCUT2D eigenvalue weighted by Gasteiger charge is 2.43. The number of cyclic esters (lactones) is 1. The normalized spacial score (nSPS) is 20.0. The van der Waals surface area contributed by atoms with Gasteiger partial charge in [-0.1, -0.05) is 89.8 Å². The van der Waals surface area contributed by atoms with Crippen molar-refractivity contribution in [2.75, 3.05) is 7.11 Å². The van der Waals surface area contributed by atoms with E-state index in [-0.39, 0.29) is 30.1 Å². The summed E-state index contributed by atoms with van der Waals surface area (Å²) in [6.07, 6.45) is 22.2. The molecular weight excluding hydrogens is 442 g/mol. The van der Waals surface area contributed by atoms with Gasteiger partial charge in [0.15, 0.2) is 0 Å². The fraction of sp³-hybridized carbons (Fsp3) is 0.724. The van der Waals surface area contributed by atoms with Crippen LogP contribution in [0.3, 0.4) is 0 Å². The SMILES string of the molecule is CC/C=C/C/C=C/C/C=C/CC(CC1OC(=O)C1CCCCCC)OC(=O)C(CC(C)C)NOC. The van der Waals surface area contributed by atoms with Crippen LogP contribution >= 0.6 is 0 Å². The molecule has 200 valence electrons. The molecule has 0 radical (unpaired) electrons. The minimum atomic E-state index is -0.528. The molecule has 0 spiro atoms. The highest BCUT2D eigenvalue weighted by atomic mass is 16.6. The maximum atomic E-state index is 12.9. The van der Waals surface area contributed by atoms with Crippen molar-refractivity contribution in [2.24, 2.45) is 11.8 Å². The number of carbonyl (C=O) groups is 2. The first-order valence-electron chi connectivity index (χ1n) is 13.6. The standard InChI is InChI=1S/C29H49NO5/c1-6-8-10-12-13-14-15-16-17-19-24(34-29(32)26(30-33-5)21-23(3)4)22-27-25(28(31)35-27)20-18-11-9-7-2/h8,10,13-14,16-17,23-27,30H,6-7,9,11-12,15,18-22H2,1-5H3/b10-8+,14-13+,17-16+. The predicted molar refractivity (Wildman–Crippen MR) is 142 cm³/mol. The van der Waals surface area contributed by atoms with Gasteiger partial charge in [-0.3, -0.25) is 9.59 Å². The molecule has 0 bridgehead atoms. The van der Waals surface area contributed by atoms with Crippen molar-refractivity contribution in [2.45, 2.75) is 117 Å². The molecule has 35 heavy (non-hydrogen) atoms. The summed E-state index contributed by atoms with van der Waals surface area (Å²) >= 11 is 0. The Balaban J connectivity index is 2.71. The number of rotatable bonds is 20. The second kappa shape index (κ2) is 19.3. The summed E-state index contributed by atoms with van der Waals surface area (Å²) in [7, 11) is 1.50. The molecule has 6 nitrogen and oxygen atoms in total. The molecule has 1 N–H and O–H groups in total. The molecule has 0 aliphatic carbocycles. The predicted octanol–water partition coefficient (Wildman–Crippen LogP) is 6.61. The van der Waals surface area contributed by atoms with E-state index < -0.39 is 6.04 Å². The number of carbonyl (C=O) groups excluding carboxylic acids is 2. The lowest BCUT2D eigenvalue weighted by molar-refractivity contribution is -0.190. The monoisotopic (exact) mass is 491 g/mol. The van der Waals surface area contributed by atoms with Gasteiger partial charge in [0.2, 0.25) is 0 Å². The number of hydrogen-bond donors (Lipinski definition) is 1. The van der Waals surface area contributed by atoms with Crippen molar-refractivity contribution in [3.8, 4) is 0 Å². The van der Waals surface area contributed by atoms with Gasteiger partial charge in [0.05, 0.1) is 13.0 Å². The molecule has 1 heterocycles. The van der Waals surface area contributed by atoms with Crippen LogP contribution < -0.4 is 5.48 Å². The van der Waals surface area contributed by atoms with Crippen LogP contribution in [0, 0.1) is 11.8 Å². The molecule has 4 atom stereocenters. The largest absolute Gasteiger partial charge is 0.461 e. The van der Waals surface area contributed by atoms with E-state index in [0.29, 0.717) is 25.2 Å². The van der Waals surface area contributed by atoms with Crippen LogP contribution in [0.25, 0.3) is 0 Å². The molecule has 1 saturated heterocycles. The quantitative estimate of drug-likeness (QED) is 0.0893. The van der Waals surface area contributed by atoms with Crippen molar-refractivity contribution in [1.82, 2.24) is 5.48 Å². The van der Waals surface area contributed by atoms with Crippen LogP contribution in [0.1, 0.15) is 98.3 Å². The van der Waals surface area contributed by atoms with Crippen LogP contribution in [0.4, 0.5) is 0 Å². The van der Waals surface area contributed by atoms with E-state index in [1.54, 1.807) is 0 Å². The summed E-state index contributed by atoms with van der Waals surface area (Å²) in [4.78, 5) is 30.0. The van der Waals surface area contributed by atoms with Crippen molar-refractivity contribution in [1.29, 1.82) is 0 Å². The zero-order valence-electron chi connectivity index (χ0n) is 22.7. The van der Waals surface area contributed by atoms with Crippen molar-refractivity contribution in [3.63, 3.8) is 0 Å². The van der Waals surface area contributed by atoms with Gasteiger partial charge in [0.1, 0.15) is 18.2 Å². The summed E-state index contributed by atoms with van der Waals surface area (Å²) < 4.78 is 11.4. The van der Waals surface area contributed by atoms with Gasteiger partial charge in [-0.15, -0.1) is 0 Å². The highest BCUT2D eigenvalue weighted by Crippen LogP contribution is 2.32. The molecule has 4 unspecified atom stereocenters. The van der Waals surface area contributed by atoms with Gasteiger partial charge < -0.3 is 14.3 Å². The number of allylic oxidation sites excluding steroid dienone is 5. The minimum absolute atomic E-state index is 0.0836. The summed E-state index contributed by atoms with van der Waals surface area (Å²) in [6.45, 7) is 8.42. The van der Waals surface area contributed by atoms with Crippen molar-refractivity contribution in [3.05, 3.63) is 36.5 Å². The first kappa shape index (κ1) is 31.1.